The molecule has 3 heterocycles. The van der Waals surface area contributed by atoms with Crippen LogP contribution in [0.25, 0.3) is 41.7 Å². The van der Waals surface area contributed by atoms with Crippen LogP contribution in [0.3, 0.4) is 0 Å². The predicted molar refractivity (Wildman–Crippen MR) is 294 cm³/mol. The van der Waals surface area contributed by atoms with E-state index in [1.807, 2.05) is 23.1 Å². The molecule has 0 N–H and O–H groups in total. The molecule has 314 valence electrons. The third-order valence-electron chi connectivity index (χ3n) is 14.6. The van der Waals surface area contributed by atoms with Gasteiger partial charge in [-0.3, -0.25) is 0 Å². The SMILES string of the molecule is c1ccc([Si]2(c3ccccc3)c3ccccc3[Si]3(c4ccccc4Sc4ccccc43)c3cccc(N(c4ccc5c(ccc6ccccc65)c4)c4cccc5c4sc4ccccc45)c32)cc1. The fourth-order valence-electron chi connectivity index (χ4n) is 12.0. The molecule has 0 atom stereocenters. The standard InChI is InChI=1S/C62H41NS2Si2/c1-3-20-45(21-4-1)66(46-22-5-2-6-23-46)58-34-15-16-35-59(58)67(56-32-13-11-30-54(56)64-55-31-12-14-33-57(55)67)60-36-18-28-52(62(60)66)63(51-27-17-26-50-49-25-9-10-29-53(49)65-61(50)51)44-39-40-48-43(41-44)38-37-42-19-7-8-24-47(42)48/h1-41H. The molecule has 0 unspecified atom stereocenters. The van der Waals surface area contributed by atoms with Crippen molar-refractivity contribution in [3.63, 3.8) is 0 Å². The molecular weight excluding hydrogens is 879 g/mol. The molecular formula is C62H41NS2Si2. The van der Waals surface area contributed by atoms with E-state index in [0.717, 1.165) is 5.69 Å². The van der Waals surface area contributed by atoms with Crippen LogP contribution >= 0.6 is 23.1 Å². The third kappa shape index (κ3) is 5.48. The Hall–Kier alpha value is -7.26. The topological polar surface area (TPSA) is 3.24 Å². The maximum absolute atomic E-state index is 3.20. The molecule has 1 spiro atoms. The summed E-state index contributed by atoms with van der Waals surface area (Å²) in [6, 6.07) is 95.6. The highest BCUT2D eigenvalue weighted by molar-refractivity contribution is 8.00. The molecule has 0 bridgehead atoms. The zero-order valence-corrected chi connectivity index (χ0v) is 40.1. The second kappa shape index (κ2) is 15.1. The number of anilines is 3. The largest absolute Gasteiger partial charge is 0.309 e. The number of thiophene rings is 1. The van der Waals surface area contributed by atoms with Gasteiger partial charge in [-0.05, 0) is 106 Å². The van der Waals surface area contributed by atoms with Crippen LogP contribution in [-0.2, 0) is 0 Å². The molecule has 12 aromatic rings. The number of benzene rings is 11. The predicted octanol–water partition coefficient (Wildman–Crippen LogP) is 11.4. The van der Waals surface area contributed by atoms with Gasteiger partial charge in [0.05, 0.1) is 10.4 Å². The van der Waals surface area contributed by atoms with Crippen molar-refractivity contribution < 1.29 is 0 Å². The van der Waals surface area contributed by atoms with Crippen molar-refractivity contribution in [3.05, 3.63) is 249 Å². The van der Waals surface area contributed by atoms with Gasteiger partial charge in [0, 0.05) is 36.6 Å². The van der Waals surface area contributed by atoms with E-state index in [9.17, 15) is 0 Å². The molecule has 0 fully saturated rings. The maximum Gasteiger partial charge on any atom is 0.181 e. The molecule has 5 heteroatoms. The normalized spacial score (nSPS) is 14.1. The zero-order valence-electron chi connectivity index (χ0n) is 36.4. The van der Waals surface area contributed by atoms with E-state index >= 15 is 0 Å². The molecule has 0 amide bonds. The van der Waals surface area contributed by atoms with Gasteiger partial charge in [0.2, 0.25) is 0 Å². The van der Waals surface area contributed by atoms with Gasteiger partial charge in [-0.15, -0.1) is 11.3 Å². The molecule has 11 aromatic carbocycles. The zero-order chi connectivity index (χ0) is 44.1. The smallest absolute Gasteiger partial charge is 0.181 e. The molecule has 0 saturated heterocycles. The van der Waals surface area contributed by atoms with Gasteiger partial charge in [-0.25, -0.2) is 0 Å². The highest BCUT2D eigenvalue weighted by Gasteiger charge is 2.59. The van der Waals surface area contributed by atoms with Crippen molar-refractivity contribution in [1.29, 1.82) is 0 Å². The summed E-state index contributed by atoms with van der Waals surface area (Å²) in [5.41, 5.74) is 3.60. The van der Waals surface area contributed by atoms with Crippen LogP contribution in [0, 0.1) is 0 Å². The van der Waals surface area contributed by atoms with E-state index in [1.54, 1.807) is 0 Å². The van der Waals surface area contributed by atoms with Crippen molar-refractivity contribution >= 4 is 140 Å². The molecule has 1 aromatic heterocycles. The highest BCUT2D eigenvalue weighted by atomic mass is 32.2. The summed E-state index contributed by atoms with van der Waals surface area (Å²) in [6.07, 6.45) is 0. The van der Waals surface area contributed by atoms with Gasteiger partial charge in [0.25, 0.3) is 0 Å². The Morgan fingerprint density at radius 2 is 0.851 bits per heavy atom. The lowest BCUT2D eigenvalue weighted by Crippen LogP contribution is -2.94. The van der Waals surface area contributed by atoms with E-state index in [4.69, 9.17) is 0 Å². The van der Waals surface area contributed by atoms with Crippen LogP contribution in [0.1, 0.15) is 0 Å². The van der Waals surface area contributed by atoms with E-state index in [0.29, 0.717) is 0 Å². The van der Waals surface area contributed by atoms with E-state index < -0.39 is 16.1 Å². The Kier molecular flexibility index (Phi) is 8.80. The van der Waals surface area contributed by atoms with Gasteiger partial charge in [-0.2, -0.15) is 0 Å². The van der Waals surface area contributed by atoms with E-state index in [2.05, 4.69) is 254 Å². The quantitative estimate of drug-likeness (QED) is 0.125. The van der Waals surface area contributed by atoms with Crippen LogP contribution in [0.4, 0.5) is 17.1 Å². The Morgan fingerprint density at radius 3 is 1.58 bits per heavy atom. The summed E-state index contributed by atoms with van der Waals surface area (Å²) in [4.78, 5) is 5.40. The van der Waals surface area contributed by atoms with Gasteiger partial charge < -0.3 is 4.90 Å². The minimum Gasteiger partial charge on any atom is -0.309 e. The van der Waals surface area contributed by atoms with Crippen molar-refractivity contribution in [3.8, 4) is 0 Å². The lowest BCUT2D eigenvalue weighted by atomic mass is 10.0. The second-order valence-corrected chi connectivity index (χ2v) is 27.3. The molecule has 2 aliphatic heterocycles. The molecule has 14 rings (SSSR count). The first-order valence-corrected chi connectivity index (χ1v) is 28.7. The summed E-state index contributed by atoms with van der Waals surface area (Å²) < 4.78 is 2.59. The van der Waals surface area contributed by atoms with Gasteiger partial charge >= 0.3 is 0 Å². The minimum atomic E-state index is -3.20. The third-order valence-corrected chi connectivity index (χ3v) is 27.7. The summed E-state index contributed by atoms with van der Waals surface area (Å²) >= 11 is 3.85. The Bertz CT molecular complexity index is 3850. The average Bonchev–Trinajstić information content (AvgIpc) is 3.79. The number of rotatable bonds is 5. The number of nitrogens with zero attached hydrogens (tertiary/aromatic N) is 1. The van der Waals surface area contributed by atoms with Crippen LogP contribution in [0.15, 0.2) is 259 Å². The average molecular weight is 920 g/mol. The molecule has 0 saturated carbocycles. The Balaban J connectivity index is 1.20. The minimum absolute atomic E-state index is 1.15. The first kappa shape index (κ1) is 39.0. The number of hydrogen-bond acceptors (Lipinski definition) is 3. The lowest BCUT2D eigenvalue weighted by Gasteiger charge is -2.51. The van der Waals surface area contributed by atoms with E-state index in [1.165, 1.54) is 104 Å². The number of fused-ring (bicyclic) bond motifs is 14. The molecule has 1 nitrogen and oxygen atoms in total. The first-order chi connectivity index (χ1) is 33.2. The van der Waals surface area contributed by atoms with Crippen molar-refractivity contribution in [2.45, 2.75) is 9.79 Å². The lowest BCUT2D eigenvalue weighted by molar-refractivity contribution is 1.32. The van der Waals surface area contributed by atoms with Gasteiger partial charge in [0.15, 0.2) is 16.1 Å². The summed E-state index contributed by atoms with van der Waals surface area (Å²) in [5.74, 6) is 0. The summed E-state index contributed by atoms with van der Waals surface area (Å²) in [5, 5.41) is 19.3. The van der Waals surface area contributed by atoms with Crippen LogP contribution < -0.4 is 46.4 Å². The molecule has 0 aliphatic carbocycles. The Morgan fingerprint density at radius 1 is 0.328 bits per heavy atom. The van der Waals surface area contributed by atoms with Crippen LogP contribution in [-0.4, -0.2) is 16.1 Å². The Labute approximate surface area is 400 Å². The molecule has 2 aliphatic rings. The monoisotopic (exact) mass is 919 g/mol. The van der Waals surface area contributed by atoms with E-state index in [-0.39, 0.29) is 0 Å². The van der Waals surface area contributed by atoms with Crippen molar-refractivity contribution in [2.75, 3.05) is 4.90 Å². The fraction of sp³-hybridized carbons (Fsp3) is 0. The summed E-state index contributed by atoms with van der Waals surface area (Å²) in [7, 11) is -6.25. The highest BCUT2D eigenvalue weighted by Crippen LogP contribution is 2.46. The second-order valence-electron chi connectivity index (χ2n) is 17.9. The van der Waals surface area contributed by atoms with Crippen LogP contribution in [0.5, 0.6) is 0 Å². The molecule has 67 heavy (non-hydrogen) atoms. The summed E-state index contributed by atoms with van der Waals surface area (Å²) in [6.45, 7) is 0. The maximum atomic E-state index is 2.67. The van der Waals surface area contributed by atoms with Crippen molar-refractivity contribution in [2.24, 2.45) is 0 Å². The molecule has 0 radical (unpaired) electrons. The van der Waals surface area contributed by atoms with Gasteiger partial charge in [-0.1, -0.05) is 218 Å². The first-order valence-electron chi connectivity index (χ1n) is 23.1. The van der Waals surface area contributed by atoms with Crippen molar-refractivity contribution in [1.82, 2.24) is 0 Å². The van der Waals surface area contributed by atoms with Gasteiger partial charge in [0.1, 0.15) is 0 Å². The number of hydrogen-bond donors (Lipinski definition) is 0. The van der Waals surface area contributed by atoms with Crippen LogP contribution in [0.2, 0.25) is 0 Å². The fourth-order valence-corrected chi connectivity index (χ4v) is 27.7.